The zero-order valence-corrected chi connectivity index (χ0v) is 15.4. The van der Waals surface area contributed by atoms with Crippen LogP contribution in [-0.4, -0.2) is 47.1 Å². The Balaban J connectivity index is 2.65. The lowest BCUT2D eigenvalue weighted by Gasteiger charge is -2.21. The van der Waals surface area contributed by atoms with Gasteiger partial charge in [0.2, 0.25) is 0 Å². The Hall–Kier alpha value is -2.19. The average Bonchev–Trinajstić information content (AvgIpc) is 2.53. The van der Waals surface area contributed by atoms with Crippen molar-refractivity contribution in [1.82, 2.24) is 5.32 Å². The van der Waals surface area contributed by atoms with Gasteiger partial charge in [-0.3, -0.25) is 0 Å². The molecule has 146 valence electrons. The number of carbonyl (C=O) groups excluding carboxylic acids is 2. The van der Waals surface area contributed by atoms with E-state index in [1.54, 1.807) is 27.7 Å². The second kappa shape index (κ2) is 9.49. The first-order chi connectivity index (χ1) is 12.0. The van der Waals surface area contributed by atoms with Crippen molar-refractivity contribution < 1.29 is 33.7 Å². The van der Waals surface area contributed by atoms with Gasteiger partial charge in [-0.1, -0.05) is 6.07 Å². The van der Waals surface area contributed by atoms with Gasteiger partial charge in [-0.15, -0.1) is 0 Å². The van der Waals surface area contributed by atoms with Crippen molar-refractivity contribution in [2.24, 2.45) is 0 Å². The third-order valence-corrected chi connectivity index (χ3v) is 3.30. The second-order valence-corrected chi connectivity index (χ2v) is 6.69. The maximum absolute atomic E-state index is 13.7. The molecule has 0 saturated heterocycles. The molecule has 26 heavy (non-hydrogen) atoms. The summed E-state index contributed by atoms with van der Waals surface area (Å²) in [6, 6.07) is 3.44. The number of benzene rings is 1. The van der Waals surface area contributed by atoms with E-state index in [1.165, 1.54) is 6.07 Å². The van der Waals surface area contributed by atoms with Crippen molar-refractivity contribution in [2.75, 3.05) is 13.2 Å². The minimum Gasteiger partial charge on any atom is -0.462 e. The first kappa shape index (κ1) is 21.9. The standard InChI is InChI=1S/C18H26FNO6/c1-5-25-16(23)12-10-11(6-7-13(12)19)15(22)14(21)8-9-20-17(24)26-18(2,3)4/h6-7,10,14-15,21-22H,5,8-9H2,1-4H3,(H,20,24). The summed E-state index contributed by atoms with van der Waals surface area (Å²) in [7, 11) is 0. The number of hydrogen-bond donors (Lipinski definition) is 3. The van der Waals surface area contributed by atoms with Gasteiger partial charge in [-0.25, -0.2) is 14.0 Å². The maximum atomic E-state index is 13.7. The fourth-order valence-electron chi connectivity index (χ4n) is 2.11. The van der Waals surface area contributed by atoms with Crippen molar-refractivity contribution in [3.63, 3.8) is 0 Å². The number of nitrogens with one attached hydrogen (secondary N) is 1. The molecule has 1 rings (SSSR count). The summed E-state index contributed by atoms with van der Waals surface area (Å²) in [6.07, 6.45) is -3.19. The number of ether oxygens (including phenoxy) is 2. The third kappa shape index (κ3) is 6.97. The Labute approximate surface area is 152 Å². The number of aliphatic hydroxyl groups is 2. The largest absolute Gasteiger partial charge is 0.462 e. The van der Waals surface area contributed by atoms with Gasteiger partial charge in [0.25, 0.3) is 0 Å². The van der Waals surface area contributed by atoms with Crippen LogP contribution in [0.2, 0.25) is 0 Å². The predicted molar refractivity (Wildman–Crippen MR) is 92.2 cm³/mol. The topological polar surface area (TPSA) is 105 Å². The summed E-state index contributed by atoms with van der Waals surface area (Å²) >= 11 is 0. The Morgan fingerprint density at radius 3 is 2.50 bits per heavy atom. The molecule has 1 amide bonds. The lowest BCUT2D eigenvalue weighted by atomic mass is 10.00. The number of amides is 1. The Kier molecular flexibility index (Phi) is 7.98. The van der Waals surface area contributed by atoms with Gasteiger partial charge in [0, 0.05) is 6.54 Å². The first-order valence-corrected chi connectivity index (χ1v) is 8.34. The van der Waals surface area contributed by atoms with Gasteiger partial charge < -0.3 is 25.0 Å². The fraction of sp³-hybridized carbons (Fsp3) is 0.556. The van der Waals surface area contributed by atoms with E-state index in [0.29, 0.717) is 0 Å². The smallest absolute Gasteiger partial charge is 0.407 e. The van der Waals surface area contributed by atoms with E-state index in [-0.39, 0.29) is 30.7 Å². The van der Waals surface area contributed by atoms with Gasteiger partial charge >= 0.3 is 12.1 Å². The van der Waals surface area contributed by atoms with Gasteiger partial charge in [0.05, 0.1) is 18.3 Å². The fourth-order valence-corrected chi connectivity index (χ4v) is 2.11. The molecule has 0 bridgehead atoms. The Bertz CT molecular complexity index is 629. The molecule has 0 radical (unpaired) electrons. The number of halogens is 1. The number of rotatable bonds is 7. The van der Waals surface area contributed by atoms with Crippen molar-refractivity contribution >= 4 is 12.1 Å². The molecule has 1 aromatic carbocycles. The lowest BCUT2D eigenvalue weighted by Crippen LogP contribution is -2.34. The monoisotopic (exact) mass is 371 g/mol. The molecular weight excluding hydrogens is 345 g/mol. The van der Waals surface area contributed by atoms with E-state index < -0.39 is 35.7 Å². The van der Waals surface area contributed by atoms with E-state index in [9.17, 15) is 24.2 Å². The molecule has 7 nitrogen and oxygen atoms in total. The lowest BCUT2D eigenvalue weighted by molar-refractivity contribution is 0.0121. The van der Waals surface area contributed by atoms with E-state index in [0.717, 1.165) is 12.1 Å². The molecule has 2 unspecified atom stereocenters. The zero-order valence-electron chi connectivity index (χ0n) is 15.4. The molecule has 0 saturated carbocycles. The number of esters is 1. The minimum atomic E-state index is -1.36. The van der Waals surface area contributed by atoms with Gasteiger partial charge in [-0.05, 0) is 51.8 Å². The number of aliphatic hydroxyl groups excluding tert-OH is 2. The van der Waals surface area contributed by atoms with Crippen LogP contribution in [0.25, 0.3) is 0 Å². The molecule has 8 heteroatoms. The van der Waals surface area contributed by atoms with Crippen LogP contribution < -0.4 is 5.32 Å². The van der Waals surface area contributed by atoms with Crippen LogP contribution in [0.15, 0.2) is 18.2 Å². The van der Waals surface area contributed by atoms with Crippen LogP contribution in [-0.2, 0) is 9.47 Å². The second-order valence-electron chi connectivity index (χ2n) is 6.69. The van der Waals surface area contributed by atoms with Crippen molar-refractivity contribution in [2.45, 2.75) is 51.9 Å². The summed E-state index contributed by atoms with van der Waals surface area (Å²) in [4.78, 5) is 23.2. The number of hydrogen-bond acceptors (Lipinski definition) is 6. The van der Waals surface area contributed by atoms with Crippen LogP contribution >= 0.6 is 0 Å². The molecule has 2 atom stereocenters. The quantitative estimate of drug-likeness (QED) is 0.635. The van der Waals surface area contributed by atoms with Crippen molar-refractivity contribution in [3.8, 4) is 0 Å². The molecule has 0 fully saturated rings. The SMILES string of the molecule is CCOC(=O)c1cc(C(O)C(O)CCNC(=O)OC(C)(C)C)ccc1F. The summed E-state index contributed by atoms with van der Waals surface area (Å²) in [5.41, 5.74) is -0.790. The third-order valence-electron chi connectivity index (χ3n) is 3.30. The van der Waals surface area contributed by atoms with Crippen LogP contribution in [0.4, 0.5) is 9.18 Å². The van der Waals surface area contributed by atoms with Gasteiger partial charge in [0.1, 0.15) is 17.5 Å². The van der Waals surface area contributed by atoms with E-state index in [4.69, 9.17) is 9.47 Å². The minimum absolute atomic E-state index is 0.0343. The predicted octanol–water partition coefficient (Wildman–Crippen LogP) is 2.31. The normalized spacial score (nSPS) is 13.7. The van der Waals surface area contributed by atoms with Crippen molar-refractivity contribution in [3.05, 3.63) is 35.1 Å². The van der Waals surface area contributed by atoms with Gasteiger partial charge in [-0.2, -0.15) is 0 Å². The molecule has 1 aromatic rings. The molecule has 0 aliphatic rings. The molecule has 0 aromatic heterocycles. The highest BCUT2D eigenvalue weighted by molar-refractivity contribution is 5.89. The molecule has 0 spiro atoms. The van der Waals surface area contributed by atoms with Crippen LogP contribution in [0, 0.1) is 5.82 Å². The molecule has 0 aliphatic carbocycles. The van der Waals surface area contributed by atoms with E-state index in [2.05, 4.69) is 5.32 Å². The molecule has 0 aliphatic heterocycles. The van der Waals surface area contributed by atoms with E-state index >= 15 is 0 Å². The maximum Gasteiger partial charge on any atom is 0.407 e. The van der Waals surface area contributed by atoms with Gasteiger partial charge in [0.15, 0.2) is 0 Å². The first-order valence-electron chi connectivity index (χ1n) is 8.34. The molecular formula is C18H26FNO6. The Morgan fingerprint density at radius 1 is 1.27 bits per heavy atom. The van der Waals surface area contributed by atoms with Crippen LogP contribution in [0.1, 0.15) is 56.1 Å². The summed E-state index contributed by atoms with van der Waals surface area (Å²) < 4.78 is 23.5. The Morgan fingerprint density at radius 2 is 1.92 bits per heavy atom. The highest BCUT2D eigenvalue weighted by atomic mass is 19.1. The summed E-state index contributed by atoms with van der Waals surface area (Å²) in [5.74, 6) is -1.62. The van der Waals surface area contributed by atoms with Crippen LogP contribution in [0.3, 0.4) is 0 Å². The van der Waals surface area contributed by atoms with E-state index in [1.807, 2.05) is 0 Å². The summed E-state index contributed by atoms with van der Waals surface area (Å²) in [5, 5.41) is 22.7. The highest BCUT2D eigenvalue weighted by Crippen LogP contribution is 2.22. The molecule has 3 N–H and O–H groups in total. The number of alkyl carbamates (subject to hydrolysis) is 1. The number of carbonyl (C=O) groups is 2. The van der Waals surface area contributed by atoms with Crippen molar-refractivity contribution in [1.29, 1.82) is 0 Å². The summed E-state index contributed by atoms with van der Waals surface area (Å²) in [6.45, 7) is 6.92. The van der Waals surface area contributed by atoms with Crippen LogP contribution in [0.5, 0.6) is 0 Å². The highest BCUT2D eigenvalue weighted by Gasteiger charge is 2.22. The molecule has 0 heterocycles. The average molecular weight is 371 g/mol. The zero-order chi connectivity index (χ0) is 19.9.